The number of rotatable bonds is 4. The molecule has 0 atom stereocenters. The number of piperidine rings is 1. The van der Waals surface area contributed by atoms with Crippen LogP contribution < -0.4 is 0 Å². The van der Waals surface area contributed by atoms with Gasteiger partial charge in [-0.05, 0) is 45.5 Å². The lowest BCUT2D eigenvalue weighted by Crippen LogP contribution is -2.38. The average Bonchev–Trinajstić information content (AvgIpc) is 2.85. The maximum absolute atomic E-state index is 12.6. The number of carbonyl (C=O) groups excluding carboxylic acids is 1. The zero-order valence-corrected chi connectivity index (χ0v) is 13.5. The molecule has 0 saturated carbocycles. The molecule has 1 aromatic carbocycles. The number of hydrogen-bond donors (Lipinski definition) is 0. The van der Waals surface area contributed by atoms with Crippen molar-refractivity contribution in [3.05, 3.63) is 30.1 Å². The SMILES string of the molecule is CN(C)Cc1nc2ccccc2n1CC(=O)N1CCCCC1. The molecule has 0 N–H and O–H groups in total. The molecule has 1 aromatic heterocycles. The van der Waals surface area contributed by atoms with E-state index in [9.17, 15) is 4.79 Å². The van der Waals surface area contributed by atoms with Gasteiger partial charge in [-0.2, -0.15) is 0 Å². The van der Waals surface area contributed by atoms with Crippen LogP contribution in [-0.4, -0.2) is 52.4 Å². The van der Waals surface area contributed by atoms with Crippen molar-refractivity contribution in [3.8, 4) is 0 Å². The molecule has 0 aliphatic carbocycles. The Labute approximate surface area is 131 Å². The van der Waals surface area contributed by atoms with Crippen molar-refractivity contribution in [2.75, 3.05) is 27.2 Å². The first-order valence-electron chi connectivity index (χ1n) is 8.02. The standard InChI is InChI=1S/C17H24N4O/c1-19(2)12-16-18-14-8-4-5-9-15(14)21(16)13-17(22)20-10-6-3-7-11-20/h4-5,8-9H,3,6-7,10-13H2,1-2H3. The van der Waals surface area contributed by atoms with E-state index in [-0.39, 0.29) is 5.91 Å². The number of amides is 1. The number of hydrogen-bond acceptors (Lipinski definition) is 3. The Morgan fingerprint density at radius 3 is 2.64 bits per heavy atom. The summed E-state index contributed by atoms with van der Waals surface area (Å²) < 4.78 is 2.08. The predicted molar refractivity (Wildman–Crippen MR) is 87.6 cm³/mol. The molecule has 2 aromatic rings. The topological polar surface area (TPSA) is 41.4 Å². The van der Waals surface area contributed by atoms with E-state index in [2.05, 4.69) is 9.47 Å². The zero-order chi connectivity index (χ0) is 15.5. The molecule has 1 amide bonds. The third-order valence-corrected chi connectivity index (χ3v) is 4.19. The van der Waals surface area contributed by atoms with Gasteiger partial charge in [-0.3, -0.25) is 4.79 Å². The summed E-state index contributed by atoms with van der Waals surface area (Å²) in [5.41, 5.74) is 2.01. The summed E-state index contributed by atoms with van der Waals surface area (Å²) in [5.74, 6) is 1.17. The summed E-state index contributed by atoms with van der Waals surface area (Å²) in [5, 5.41) is 0. The lowest BCUT2D eigenvalue weighted by Gasteiger charge is -2.27. The second-order valence-corrected chi connectivity index (χ2v) is 6.28. The number of nitrogens with zero attached hydrogens (tertiary/aromatic N) is 4. The van der Waals surface area contributed by atoms with E-state index in [0.29, 0.717) is 6.54 Å². The number of para-hydroxylation sites is 2. The zero-order valence-electron chi connectivity index (χ0n) is 13.5. The molecule has 2 heterocycles. The van der Waals surface area contributed by atoms with Crippen LogP contribution in [0.15, 0.2) is 24.3 Å². The van der Waals surface area contributed by atoms with Crippen molar-refractivity contribution >= 4 is 16.9 Å². The Bertz CT molecular complexity index is 656. The van der Waals surface area contributed by atoms with Gasteiger partial charge in [0, 0.05) is 13.1 Å². The highest BCUT2D eigenvalue weighted by molar-refractivity contribution is 5.81. The van der Waals surface area contributed by atoms with Crippen molar-refractivity contribution in [1.82, 2.24) is 19.4 Å². The molecule has 1 saturated heterocycles. The van der Waals surface area contributed by atoms with Crippen LogP contribution in [0.25, 0.3) is 11.0 Å². The maximum Gasteiger partial charge on any atom is 0.242 e. The molecule has 22 heavy (non-hydrogen) atoms. The van der Waals surface area contributed by atoms with Crippen molar-refractivity contribution in [2.24, 2.45) is 0 Å². The summed E-state index contributed by atoms with van der Waals surface area (Å²) in [6.45, 7) is 2.93. The quantitative estimate of drug-likeness (QED) is 0.868. The number of imidazole rings is 1. The molecule has 0 spiro atoms. The molecule has 1 aliphatic rings. The summed E-state index contributed by atoms with van der Waals surface area (Å²) in [6, 6.07) is 8.05. The van der Waals surface area contributed by atoms with Crippen LogP contribution >= 0.6 is 0 Å². The molecule has 3 rings (SSSR count). The van der Waals surface area contributed by atoms with Crippen LogP contribution in [-0.2, 0) is 17.9 Å². The van der Waals surface area contributed by atoms with Crippen molar-refractivity contribution in [3.63, 3.8) is 0 Å². The fourth-order valence-corrected chi connectivity index (χ4v) is 3.08. The first kappa shape index (κ1) is 15.0. The molecule has 5 heteroatoms. The summed E-state index contributed by atoms with van der Waals surface area (Å²) >= 11 is 0. The first-order valence-corrected chi connectivity index (χ1v) is 8.02. The Kier molecular flexibility index (Phi) is 4.43. The fourth-order valence-electron chi connectivity index (χ4n) is 3.08. The van der Waals surface area contributed by atoms with Crippen molar-refractivity contribution < 1.29 is 4.79 Å². The molecular weight excluding hydrogens is 276 g/mol. The van der Waals surface area contributed by atoms with Gasteiger partial charge < -0.3 is 14.4 Å². The van der Waals surface area contributed by atoms with Gasteiger partial charge in [0.25, 0.3) is 0 Å². The van der Waals surface area contributed by atoms with Crippen LogP contribution in [0.2, 0.25) is 0 Å². The molecule has 1 fully saturated rings. The molecule has 0 unspecified atom stereocenters. The smallest absolute Gasteiger partial charge is 0.242 e. The van der Waals surface area contributed by atoms with Gasteiger partial charge in [0.15, 0.2) is 0 Å². The van der Waals surface area contributed by atoms with Crippen molar-refractivity contribution in [2.45, 2.75) is 32.4 Å². The average molecular weight is 300 g/mol. The molecule has 5 nitrogen and oxygen atoms in total. The van der Waals surface area contributed by atoms with E-state index < -0.39 is 0 Å². The van der Waals surface area contributed by atoms with E-state index in [4.69, 9.17) is 4.98 Å². The van der Waals surface area contributed by atoms with Crippen LogP contribution in [0.4, 0.5) is 0 Å². The molecule has 118 valence electrons. The Morgan fingerprint density at radius 2 is 1.91 bits per heavy atom. The van der Waals surface area contributed by atoms with E-state index in [0.717, 1.165) is 49.3 Å². The fraction of sp³-hybridized carbons (Fsp3) is 0.529. The number of benzene rings is 1. The Morgan fingerprint density at radius 1 is 1.18 bits per heavy atom. The van der Waals surface area contributed by atoms with Crippen LogP contribution in [0.3, 0.4) is 0 Å². The van der Waals surface area contributed by atoms with Gasteiger partial charge in [-0.25, -0.2) is 4.98 Å². The summed E-state index contributed by atoms with van der Waals surface area (Å²) in [6.07, 6.45) is 3.49. The number of likely N-dealkylation sites (tertiary alicyclic amines) is 1. The normalized spacial score (nSPS) is 15.7. The van der Waals surface area contributed by atoms with Crippen LogP contribution in [0, 0.1) is 0 Å². The second-order valence-electron chi connectivity index (χ2n) is 6.28. The third kappa shape index (κ3) is 3.14. The highest BCUT2D eigenvalue weighted by Gasteiger charge is 2.19. The molecular formula is C17H24N4O. The van der Waals surface area contributed by atoms with E-state index in [1.807, 2.05) is 43.3 Å². The molecule has 0 bridgehead atoms. The number of aromatic nitrogens is 2. The second kappa shape index (κ2) is 6.48. The lowest BCUT2D eigenvalue weighted by atomic mass is 10.1. The summed E-state index contributed by atoms with van der Waals surface area (Å²) in [4.78, 5) is 21.4. The van der Waals surface area contributed by atoms with Gasteiger partial charge in [0.05, 0.1) is 17.6 Å². The maximum atomic E-state index is 12.6. The largest absolute Gasteiger partial charge is 0.341 e. The summed E-state index contributed by atoms with van der Waals surface area (Å²) in [7, 11) is 4.05. The van der Waals surface area contributed by atoms with Gasteiger partial charge in [-0.1, -0.05) is 12.1 Å². The van der Waals surface area contributed by atoms with Crippen LogP contribution in [0.5, 0.6) is 0 Å². The van der Waals surface area contributed by atoms with E-state index in [1.165, 1.54) is 6.42 Å². The van der Waals surface area contributed by atoms with Gasteiger partial charge in [0.2, 0.25) is 5.91 Å². The minimum atomic E-state index is 0.211. The Balaban J connectivity index is 1.88. The monoisotopic (exact) mass is 300 g/mol. The third-order valence-electron chi connectivity index (χ3n) is 4.19. The molecule has 0 radical (unpaired) electrons. The van der Waals surface area contributed by atoms with Gasteiger partial charge in [-0.15, -0.1) is 0 Å². The Hall–Kier alpha value is -1.88. The highest BCUT2D eigenvalue weighted by Crippen LogP contribution is 2.18. The number of fused-ring (bicyclic) bond motifs is 1. The van der Waals surface area contributed by atoms with Gasteiger partial charge >= 0.3 is 0 Å². The predicted octanol–water partition coefficient (Wildman–Crippen LogP) is 2.11. The minimum Gasteiger partial charge on any atom is -0.341 e. The lowest BCUT2D eigenvalue weighted by molar-refractivity contribution is -0.132. The highest BCUT2D eigenvalue weighted by atomic mass is 16.2. The number of carbonyl (C=O) groups is 1. The molecule has 1 aliphatic heterocycles. The van der Waals surface area contributed by atoms with Crippen molar-refractivity contribution in [1.29, 1.82) is 0 Å². The van der Waals surface area contributed by atoms with E-state index >= 15 is 0 Å². The minimum absolute atomic E-state index is 0.211. The van der Waals surface area contributed by atoms with E-state index in [1.54, 1.807) is 0 Å². The van der Waals surface area contributed by atoms with Gasteiger partial charge in [0.1, 0.15) is 12.4 Å². The first-order chi connectivity index (χ1) is 10.6. The van der Waals surface area contributed by atoms with Crippen LogP contribution in [0.1, 0.15) is 25.1 Å².